The number of nitrogens with zero attached hydrogens (tertiary/aromatic N) is 1. The highest BCUT2D eigenvalue weighted by atomic mass is 16.1. The highest BCUT2D eigenvalue weighted by molar-refractivity contribution is 5.79. The first-order valence-electron chi connectivity index (χ1n) is 8.01. The van der Waals surface area contributed by atoms with Crippen LogP contribution >= 0.6 is 0 Å². The van der Waals surface area contributed by atoms with Gasteiger partial charge in [0, 0.05) is 25.7 Å². The number of hydrogen-bond acceptors (Lipinski definition) is 3. The Bertz CT molecular complexity index is 435. The number of hydrogen-bond donors (Lipinski definition) is 2. The fourth-order valence-electron chi connectivity index (χ4n) is 3.07. The average Bonchev–Trinajstić information content (AvgIpc) is 2.49. The number of primary amides is 1. The second-order valence-electron chi connectivity index (χ2n) is 5.90. The van der Waals surface area contributed by atoms with E-state index >= 15 is 0 Å². The molecule has 116 valence electrons. The lowest BCUT2D eigenvalue weighted by molar-refractivity contribution is -0.124. The fourth-order valence-corrected chi connectivity index (χ4v) is 3.07. The molecule has 21 heavy (non-hydrogen) atoms. The smallest absolute Gasteiger partial charge is 0.234 e. The largest absolute Gasteiger partial charge is 0.368 e. The molecule has 0 saturated carbocycles. The van der Waals surface area contributed by atoms with E-state index in [2.05, 4.69) is 41.4 Å². The number of carbonyl (C=O) groups is 1. The number of piperazine rings is 1. The molecular weight excluding hydrogens is 262 g/mol. The topological polar surface area (TPSA) is 58.4 Å². The van der Waals surface area contributed by atoms with E-state index < -0.39 is 0 Å². The lowest BCUT2D eigenvalue weighted by Crippen LogP contribution is -2.57. The lowest BCUT2D eigenvalue weighted by Gasteiger charge is -2.37. The maximum absolute atomic E-state index is 11.7. The minimum atomic E-state index is -0.177. The molecule has 1 amide bonds. The highest BCUT2D eigenvalue weighted by Crippen LogP contribution is 2.14. The van der Waals surface area contributed by atoms with E-state index in [1.807, 2.05) is 6.07 Å². The lowest BCUT2D eigenvalue weighted by atomic mass is 10.0. The van der Waals surface area contributed by atoms with Crippen molar-refractivity contribution >= 4 is 5.91 Å². The summed E-state index contributed by atoms with van der Waals surface area (Å²) in [5, 5.41) is 3.55. The Kier molecular flexibility index (Phi) is 6.21. The van der Waals surface area contributed by atoms with Crippen LogP contribution < -0.4 is 11.1 Å². The number of nitrogens with two attached hydrogens (primary N) is 1. The quantitative estimate of drug-likeness (QED) is 0.800. The first kappa shape index (κ1) is 16.0. The summed E-state index contributed by atoms with van der Waals surface area (Å²) in [7, 11) is 0. The van der Waals surface area contributed by atoms with Gasteiger partial charge in [0.1, 0.15) is 0 Å². The van der Waals surface area contributed by atoms with Gasteiger partial charge in [0.2, 0.25) is 5.91 Å². The van der Waals surface area contributed by atoms with Crippen molar-refractivity contribution in [3.8, 4) is 0 Å². The molecule has 1 aliphatic heterocycles. The molecule has 1 aromatic carbocycles. The SMILES string of the molecule is CCCCC(C(N)=O)N1CCNC(Cc2ccccc2)C1. The summed E-state index contributed by atoms with van der Waals surface area (Å²) in [5.74, 6) is -0.177. The Balaban J connectivity index is 1.94. The molecule has 0 spiro atoms. The van der Waals surface area contributed by atoms with E-state index in [-0.39, 0.29) is 11.9 Å². The van der Waals surface area contributed by atoms with E-state index in [0.717, 1.165) is 45.3 Å². The molecule has 1 aliphatic rings. The van der Waals surface area contributed by atoms with Crippen molar-refractivity contribution in [1.29, 1.82) is 0 Å². The van der Waals surface area contributed by atoms with Crippen molar-refractivity contribution in [1.82, 2.24) is 10.2 Å². The van der Waals surface area contributed by atoms with Gasteiger partial charge in [0.05, 0.1) is 6.04 Å². The van der Waals surface area contributed by atoms with Crippen molar-refractivity contribution in [3.05, 3.63) is 35.9 Å². The molecule has 1 saturated heterocycles. The van der Waals surface area contributed by atoms with Gasteiger partial charge >= 0.3 is 0 Å². The van der Waals surface area contributed by atoms with Crippen LogP contribution in [0.3, 0.4) is 0 Å². The molecule has 2 atom stereocenters. The summed E-state index contributed by atoms with van der Waals surface area (Å²) >= 11 is 0. The Labute approximate surface area is 127 Å². The summed E-state index contributed by atoms with van der Waals surface area (Å²) in [4.78, 5) is 14.0. The van der Waals surface area contributed by atoms with Crippen LogP contribution in [0.5, 0.6) is 0 Å². The standard InChI is InChI=1S/C17H27N3O/c1-2-3-9-16(17(18)21)20-11-10-19-15(13-20)12-14-7-5-4-6-8-14/h4-8,15-16,19H,2-3,9-13H2,1H3,(H2,18,21). The summed E-state index contributed by atoms with van der Waals surface area (Å²) < 4.78 is 0. The number of amides is 1. The van der Waals surface area contributed by atoms with Crippen LogP contribution in [0.1, 0.15) is 31.7 Å². The molecule has 0 aliphatic carbocycles. The number of rotatable bonds is 7. The van der Waals surface area contributed by atoms with Gasteiger partial charge in [-0.3, -0.25) is 9.69 Å². The van der Waals surface area contributed by atoms with Gasteiger partial charge < -0.3 is 11.1 Å². The van der Waals surface area contributed by atoms with Crippen molar-refractivity contribution in [2.24, 2.45) is 5.73 Å². The maximum atomic E-state index is 11.7. The molecule has 4 heteroatoms. The number of carbonyl (C=O) groups excluding carboxylic acids is 1. The van der Waals surface area contributed by atoms with Crippen molar-refractivity contribution < 1.29 is 4.79 Å². The van der Waals surface area contributed by atoms with E-state index in [0.29, 0.717) is 6.04 Å². The first-order valence-corrected chi connectivity index (χ1v) is 8.01. The van der Waals surface area contributed by atoms with Gasteiger partial charge in [0.15, 0.2) is 0 Å². The second-order valence-corrected chi connectivity index (χ2v) is 5.90. The van der Waals surface area contributed by atoms with Crippen LogP contribution in [0.15, 0.2) is 30.3 Å². The van der Waals surface area contributed by atoms with Gasteiger partial charge in [-0.15, -0.1) is 0 Å². The molecule has 2 rings (SSSR count). The molecule has 1 heterocycles. The van der Waals surface area contributed by atoms with E-state index in [9.17, 15) is 4.79 Å². The molecular formula is C17H27N3O. The maximum Gasteiger partial charge on any atom is 0.234 e. The Morgan fingerprint density at radius 1 is 1.43 bits per heavy atom. The van der Waals surface area contributed by atoms with Crippen LogP contribution in [0, 0.1) is 0 Å². The minimum Gasteiger partial charge on any atom is -0.368 e. The molecule has 1 aromatic rings. The summed E-state index contributed by atoms with van der Waals surface area (Å²) in [6, 6.07) is 10.8. The zero-order valence-electron chi connectivity index (χ0n) is 12.9. The Hall–Kier alpha value is -1.39. The van der Waals surface area contributed by atoms with Crippen LogP contribution in [0.2, 0.25) is 0 Å². The number of nitrogens with one attached hydrogen (secondary N) is 1. The van der Waals surface area contributed by atoms with Gasteiger partial charge in [-0.2, -0.15) is 0 Å². The molecule has 0 radical (unpaired) electrons. The van der Waals surface area contributed by atoms with Crippen LogP contribution in [0.4, 0.5) is 0 Å². The fraction of sp³-hybridized carbons (Fsp3) is 0.588. The second kappa shape index (κ2) is 8.15. The third-order valence-electron chi connectivity index (χ3n) is 4.21. The van der Waals surface area contributed by atoms with Crippen LogP contribution in [-0.4, -0.2) is 42.5 Å². The average molecular weight is 289 g/mol. The Morgan fingerprint density at radius 2 is 2.19 bits per heavy atom. The van der Waals surface area contributed by atoms with Crippen molar-refractivity contribution in [3.63, 3.8) is 0 Å². The van der Waals surface area contributed by atoms with Crippen LogP contribution in [0.25, 0.3) is 0 Å². The zero-order chi connectivity index (χ0) is 15.1. The Morgan fingerprint density at radius 3 is 2.86 bits per heavy atom. The van der Waals surface area contributed by atoms with Gasteiger partial charge in [0.25, 0.3) is 0 Å². The third kappa shape index (κ3) is 4.83. The predicted octanol–water partition coefficient (Wildman–Crippen LogP) is 1.55. The van der Waals surface area contributed by atoms with Crippen LogP contribution in [-0.2, 0) is 11.2 Å². The molecule has 3 N–H and O–H groups in total. The third-order valence-corrected chi connectivity index (χ3v) is 4.21. The first-order chi connectivity index (χ1) is 10.2. The molecule has 0 aromatic heterocycles. The highest BCUT2D eigenvalue weighted by Gasteiger charge is 2.28. The van der Waals surface area contributed by atoms with E-state index in [1.54, 1.807) is 0 Å². The molecule has 1 fully saturated rings. The summed E-state index contributed by atoms with van der Waals surface area (Å²) in [6.45, 7) is 4.87. The molecule has 4 nitrogen and oxygen atoms in total. The zero-order valence-corrected chi connectivity index (χ0v) is 12.9. The molecule has 0 bridgehead atoms. The van der Waals surface area contributed by atoms with Gasteiger partial charge in [-0.05, 0) is 18.4 Å². The normalized spacial score (nSPS) is 21.1. The number of unbranched alkanes of at least 4 members (excludes halogenated alkanes) is 1. The summed E-state index contributed by atoms with van der Waals surface area (Å²) in [5.41, 5.74) is 6.94. The number of benzene rings is 1. The van der Waals surface area contributed by atoms with Crippen molar-refractivity contribution in [2.45, 2.75) is 44.7 Å². The summed E-state index contributed by atoms with van der Waals surface area (Å²) in [6.07, 6.45) is 4.03. The van der Waals surface area contributed by atoms with Gasteiger partial charge in [-0.1, -0.05) is 50.1 Å². The minimum absolute atomic E-state index is 0.106. The monoisotopic (exact) mass is 289 g/mol. The predicted molar refractivity (Wildman–Crippen MR) is 86.0 cm³/mol. The van der Waals surface area contributed by atoms with Gasteiger partial charge in [-0.25, -0.2) is 0 Å². The van der Waals surface area contributed by atoms with E-state index in [1.165, 1.54) is 5.56 Å². The van der Waals surface area contributed by atoms with Crippen molar-refractivity contribution in [2.75, 3.05) is 19.6 Å². The molecule has 2 unspecified atom stereocenters. The van der Waals surface area contributed by atoms with E-state index in [4.69, 9.17) is 5.73 Å².